The largest absolute Gasteiger partial charge is 0.397 e. The van der Waals surface area contributed by atoms with Crippen LogP contribution in [0, 0.1) is 5.92 Å². The first-order valence-electron chi connectivity index (χ1n) is 12.8. The second-order valence-corrected chi connectivity index (χ2v) is 10.9. The van der Waals surface area contributed by atoms with Crippen LogP contribution < -0.4 is 21.7 Å². The molecule has 2 fully saturated rings. The van der Waals surface area contributed by atoms with Gasteiger partial charge in [-0.05, 0) is 62.9 Å². The number of carbonyl (C=O) groups excluding carboxylic acids is 1. The lowest BCUT2D eigenvalue weighted by molar-refractivity contribution is 0.0930. The fourth-order valence-corrected chi connectivity index (χ4v) is 5.81. The molecule has 5 rings (SSSR count). The second kappa shape index (κ2) is 11.4. The number of nitrogens with two attached hydrogens (primary N) is 2. The average Bonchev–Trinajstić information content (AvgIpc) is 3.39. The van der Waals surface area contributed by atoms with E-state index in [0.29, 0.717) is 55.6 Å². The average molecular weight is 523 g/mol. The summed E-state index contributed by atoms with van der Waals surface area (Å²) in [7, 11) is 0. The minimum atomic E-state index is -0.307. The molecule has 196 valence electrons. The zero-order chi connectivity index (χ0) is 25.8. The third-order valence-electron chi connectivity index (χ3n) is 7.14. The summed E-state index contributed by atoms with van der Waals surface area (Å²) in [6.45, 7) is 4.72. The second-order valence-electron chi connectivity index (χ2n) is 9.83. The van der Waals surface area contributed by atoms with Crippen LogP contribution in [0.4, 0.5) is 17.2 Å². The number of rotatable bonds is 7. The number of hydrogen-bond donors (Lipinski definition) is 4. The van der Waals surface area contributed by atoms with E-state index < -0.39 is 0 Å². The molecule has 3 aromatic rings. The quantitative estimate of drug-likeness (QED) is 0.367. The highest BCUT2D eigenvalue weighted by Gasteiger charge is 2.24. The van der Waals surface area contributed by atoms with E-state index in [9.17, 15) is 9.90 Å². The maximum Gasteiger partial charge on any atom is 0.270 e. The van der Waals surface area contributed by atoms with E-state index in [0.717, 1.165) is 43.2 Å². The Hall–Kier alpha value is -3.28. The van der Waals surface area contributed by atoms with Crippen LogP contribution in [0.1, 0.15) is 41.0 Å². The zero-order valence-corrected chi connectivity index (χ0v) is 21.7. The van der Waals surface area contributed by atoms with Crippen molar-refractivity contribution < 1.29 is 9.90 Å². The first-order chi connectivity index (χ1) is 18.0. The summed E-state index contributed by atoms with van der Waals surface area (Å²) in [5.74, 6) is 0.707. The summed E-state index contributed by atoms with van der Waals surface area (Å²) in [6.07, 6.45) is 6.76. The Morgan fingerprint density at radius 1 is 1.11 bits per heavy atom. The van der Waals surface area contributed by atoms with E-state index in [1.807, 2.05) is 29.3 Å². The zero-order valence-electron chi connectivity index (χ0n) is 20.8. The maximum absolute atomic E-state index is 12.9. The number of pyridine rings is 2. The van der Waals surface area contributed by atoms with Gasteiger partial charge in [-0.2, -0.15) is 0 Å². The van der Waals surface area contributed by atoms with Crippen LogP contribution in [0.25, 0.3) is 10.7 Å². The SMILES string of the molecule is Nc1cc(C(=O)NCC2CCN(Cc3cnc(-c4ccccn4)s3)CC2)nc(N2CCC(O)CC2)c1N. The van der Waals surface area contributed by atoms with Gasteiger partial charge in [0.25, 0.3) is 5.91 Å². The fourth-order valence-electron chi connectivity index (χ4n) is 4.88. The summed E-state index contributed by atoms with van der Waals surface area (Å²) >= 11 is 1.69. The van der Waals surface area contributed by atoms with Gasteiger partial charge in [-0.1, -0.05) is 6.07 Å². The highest BCUT2D eigenvalue weighted by atomic mass is 32.1. The Labute approximate surface area is 220 Å². The minimum Gasteiger partial charge on any atom is -0.397 e. The number of aliphatic hydroxyl groups excluding tert-OH is 1. The van der Waals surface area contributed by atoms with Crippen LogP contribution >= 0.6 is 11.3 Å². The Balaban J connectivity index is 1.11. The molecule has 5 heterocycles. The fraction of sp³-hybridized carbons (Fsp3) is 0.462. The molecule has 0 aliphatic carbocycles. The lowest BCUT2D eigenvalue weighted by Gasteiger charge is -2.32. The molecule has 0 atom stereocenters. The monoisotopic (exact) mass is 522 g/mol. The Morgan fingerprint density at radius 3 is 2.62 bits per heavy atom. The number of piperidine rings is 2. The van der Waals surface area contributed by atoms with E-state index in [1.54, 1.807) is 23.6 Å². The molecule has 0 aromatic carbocycles. The lowest BCUT2D eigenvalue weighted by Crippen LogP contribution is -2.39. The van der Waals surface area contributed by atoms with Gasteiger partial charge in [0.2, 0.25) is 0 Å². The predicted octanol–water partition coefficient (Wildman–Crippen LogP) is 2.37. The minimum absolute atomic E-state index is 0.237. The summed E-state index contributed by atoms with van der Waals surface area (Å²) in [5, 5.41) is 13.8. The Morgan fingerprint density at radius 2 is 1.89 bits per heavy atom. The Kier molecular flexibility index (Phi) is 7.82. The van der Waals surface area contributed by atoms with Crippen molar-refractivity contribution in [1.82, 2.24) is 25.2 Å². The number of aliphatic hydroxyl groups is 1. The van der Waals surface area contributed by atoms with Gasteiger partial charge in [-0.25, -0.2) is 9.97 Å². The first-order valence-corrected chi connectivity index (χ1v) is 13.6. The number of nitrogens with one attached hydrogen (secondary N) is 1. The number of nitrogen functional groups attached to an aromatic ring is 2. The van der Waals surface area contributed by atoms with Crippen molar-refractivity contribution in [2.24, 2.45) is 5.92 Å². The highest BCUT2D eigenvalue weighted by Crippen LogP contribution is 2.30. The van der Waals surface area contributed by atoms with Crippen molar-refractivity contribution in [3.05, 3.63) is 47.2 Å². The highest BCUT2D eigenvalue weighted by molar-refractivity contribution is 7.14. The molecule has 0 saturated carbocycles. The molecule has 2 saturated heterocycles. The van der Waals surface area contributed by atoms with Gasteiger partial charge in [0.1, 0.15) is 10.7 Å². The molecule has 6 N–H and O–H groups in total. The van der Waals surface area contributed by atoms with Gasteiger partial charge >= 0.3 is 0 Å². The molecule has 11 heteroatoms. The molecular formula is C26H34N8O2S. The standard InChI is InChI=1S/C26H34N8O2S/c27-20-13-22(32-24(23(20)28)34-11-6-18(35)7-12-34)25(36)30-14-17-4-9-33(10-5-17)16-19-15-31-26(37-19)21-3-1-2-8-29-21/h1-3,8,13,15,17-18,35H,4-7,9-12,14,16,28H2,(H2,27,32)(H,30,36). The molecule has 3 aromatic heterocycles. The number of amides is 1. The topological polar surface area (TPSA) is 147 Å². The van der Waals surface area contributed by atoms with Gasteiger partial charge in [0.15, 0.2) is 5.82 Å². The number of carbonyl (C=O) groups is 1. The normalized spacial score (nSPS) is 17.7. The molecule has 10 nitrogen and oxygen atoms in total. The van der Waals surface area contributed by atoms with E-state index in [1.165, 1.54) is 4.88 Å². The van der Waals surface area contributed by atoms with Crippen molar-refractivity contribution in [3.8, 4) is 10.7 Å². The third-order valence-corrected chi connectivity index (χ3v) is 8.15. The van der Waals surface area contributed by atoms with Gasteiger partial charge in [-0.15, -0.1) is 11.3 Å². The molecule has 2 aliphatic heterocycles. The molecule has 37 heavy (non-hydrogen) atoms. The molecule has 2 aliphatic rings. The number of hydrogen-bond acceptors (Lipinski definition) is 10. The summed E-state index contributed by atoms with van der Waals surface area (Å²) in [6, 6.07) is 7.41. The molecular weight excluding hydrogens is 488 g/mol. The van der Waals surface area contributed by atoms with Crippen LogP contribution in [0.15, 0.2) is 36.7 Å². The van der Waals surface area contributed by atoms with E-state index in [4.69, 9.17) is 11.5 Å². The van der Waals surface area contributed by atoms with Crippen molar-refractivity contribution in [2.75, 3.05) is 49.1 Å². The Bertz CT molecular complexity index is 1200. The van der Waals surface area contributed by atoms with E-state index in [-0.39, 0.29) is 17.7 Å². The number of nitrogens with zero attached hydrogens (tertiary/aromatic N) is 5. The van der Waals surface area contributed by atoms with E-state index >= 15 is 0 Å². The molecule has 0 spiro atoms. The van der Waals surface area contributed by atoms with Crippen LogP contribution in [-0.2, 0) is 6.54 Å². The molecule has 1 amide bonds. The molecule has 0 unspecified atom stereocenters. The van der Waals surface area contributed by atoms with Crippen molar-refractivity contribution >= 4 is 34.4 Å². The van der Waals surface area contributed by atoms with Gasteiger partial charge in [-0.3, -0.25) is 14.7 Å². The third kappa shape index (κ3) is 6.17. The van der Waals surface area contributed by atoms with Gasteiger partial charge in [0, 0.05) is 43.4 Å². The summed E-state index contributed by atoms with van der Waals surface area (Å²) in [4.78, 5) is 32.0. The number of likely N-dealkylation sites (tertiary alicyclic amines) is 1. The molecule has 0 bridgehead atoms. The van der Waals surface area contributed by atoms with Gasteiger partial charge in [0.05, 0.1) is 23.2 Å². The van der Waals surface area contributed by atoms with Crippen molar-refractivity contribution in [3.63, 3.8) is 0 Å². The summed E-state index contributed by atoms with van der Waals surface area (Å²) < 4.78 is 0. The first kappa shape index (κ1) is 25.4. The smallest absolute Gasteiger partial charge is 0.270 e. The van der Waals surface area contributed by atoms with E-state index in [2.05, 4.69) is 25.2 Å². The van der Waals surface area contributed by atoms with Gasteiger partial charge < -0.3 is 26.8 Å². The summed E-state index contributed by atoms with van der Waals surface area (Å²) in [5.41, 5.74) is 14.2. The van der Waals surface area contributed by atoms with Crippen LogP contribution in [0.3, 0.4) is 0 Å². The maximum atomic E-state index is 12.9. The van der Waals surface area contributed by atoms with Crippen LogP contribution in [0.5, 0.6) is 0 Å². The number of thiazole rings is 1. The van der Waals surface area contributed by atoms with Crippen LogP contribution in [-0.4, -0.2) is 69.7 Å². The number of aromatic nitrogens is 3. The predicted molar refractivity (Wildman–Crippen MR) is 146 cm³/mol. The number of anilines is 3. The van der Waals surface area contributed by atoms with Crippen molar-refractivity contribution in [2.45, 2.75) is 38.3 Å². The van der Waals surface area contributed by atoms with Crippen LogP contribution in [0.2, 0.25) is 0 Å². The molecule has 0 radical (unpaired) electrons. The lowest BCUT2D eigenvalue weighted by atomic mass is 9.96. The van der Waals surface area contributed by atoms with Crippen molar-refractivity contribution in [1.29, 1.82) is 0 Å².